The molecule has 0 saturated heterocycles. The number of aliphatic hydroxyl groups excluding tert-OH is 2. The quantitative estimate of drug-likeness (QED) is 0.0321. The third kappa shape index (κ3) is 51.7. The van der Waals surface area contributed by atoms with Crippen LogP contribution >= 0.6 is 0 Å². The number of ether oxygens (including phenoxy) is 1. The van der Waals surface area contributed by atoms with E-state index in [0.29, 0.717) is 19.4 Å². The van der Waals surface area contributed by atoms with Gasteiger partial charge in [-0.3, -0.25) is 9.59 Å². The van der Waals surface area contributed by atoms with Crippen molar-refractivity contribution in [1.29, 1.82) is 0 Å². The highest BCUT2D eigenvalue weighted by Crippen LogP contribution is 2.17. The molecule has 0 saturated carbocycles. The fraction of sp³-hybridized carbons (Fsp3) is 0.900. The van der Waals surface area contributed by atoms with Crippen LogP contribution in [0.5, 0.6) is 0 Å². The Morgan fingerprint density at radius 3 is 1.08 bits per heavy atom. The van der Waals surface area contributed by atoms with E-state index in [2.05, 4.69) is 31.3 Å². The number of aliphatic hydroxyl groups is 2. The minimum Gasteiger partial charge on any atom is -0.466 e. The van der Waals surface area contributed by atoms with Gasteiger partial charge in [0.2, 0.25) is 5.91 Å². The van der Waals surface area contributed by atoms with Crippen LogP contribution in [0.15, 0.2) is 24.3 Å². The average Bonchev–Trinajstić information content (AvgIpc) is 3.32. The smallest absolute Gasteiger partial charge is 0.305 e. The summed E-state index contributed by atoms with van der Waals surface area (Å²) in [6.45, 7) is 4.90. The van der Waals surface area contributed by atoms with Crippen LogP contribution in [0, 0.1) is 0 Å². The molecule has 6 nitrogen and oxygen atoms in total. The van der Waals surface area contributed by atoms with Crippen molar-refractivity contribution in [3.63, 3.8) is 0 Å². The van der Waals surface area contributed by atoms with Gasteiger partial charge in [0.15, 0.2) is 0 Å². The van der Waals surface area contributed by atoms with Crippen molar-refractivity contribution < 1.29 is 24.5 Å². The Balaban J connectivity index is 3.40. The fourth-order valence-corrected chi connectivity index (χ4v) is 9.16. The van der Waals surface area contributed by atoms with Crippen molar-refractivity contribution in [2.24, 2.45) is 0 Å². The molecule has 0 aromatic carbocycles. The normalized spacial score (nSPS) is 12.7. The summed E-state index contributed by atoms with van der Waals surface area (Å²) in [6, 6.07) is -0.632. The lowest BCUT2D eigenvalue weighted by Crippen LogP contribution is -2.45. The molecule has 0 aliphatic rings. The van der Waals surface area contributed by atoms with E-state index in [1.165, 1.54) is 250 Å². The third-order valence-corrected chi connectivity index (χ3v) is 13.7. The second-order valence-corrected chi connectivity index (χ2v) is 20.3. The molecule has 0 heterocycles. The minimum atomic E-state index is -0.848. The highest BCUT2D eigenvalue weighted by atomic mass is 16.5. The Labute approximate surface area is 411 Å². The van der Waals surface area contributed by atoms with E-state index in [1.807, 2.05) is 6.08 Å². The third-order valence-electron chi connectivity index (χ3n) is 13.7. The molecular weight excluding hydrogens is 815 g/mol. The first-order valence-corrected chi connectivity index (χ1v) is 29.6. The number of unbranched alkanes of at least 4 members (excludes halogenated alkanes) is 42. The van der Waals surface area contributed by atoms with Crippen LogP contribution in [0.4, 0.5) is 0 Å². The van der Waals surface area contributed by atoms with Gasteiger partial charge in [0, 0.05) is 12.8 Å². The second-order valence-electron chi connectivity index (χ2n) is 20.3. The summed E-state index contributed by atoms with van der Waals surface area (Å²) < 4.78 is 5.49. The molecule has 2 atom stereocenters. The van der Waals surface area contributed by atoms with Crippen LogP contribution < -0.4 is 5.32 Å². The van der Waals surface area contributed by atoms with Gasteiger partial charge in [0.1, 0.15) is 0 Å². The highest BCUT2D eigenvalue weighted by molar-refractivity contribution is 5.76. The monoisotopic (exact) mass is 930 g/mol. The van der Waals surface area contributed by atoms with Crippen molar-refractivity contribution in [2.75, 3.05) is 13.2 Å². The molecule has 66 heavy (non-hydrogen) atoms. The lowest BCUT2D eigenvalue weighted by atomic mass is 10.0. The molecule has 0 rings (SSSR count). The van der Waals surface area contributed by atoms with Gasteiger partial charge in [-0.1, -0.05) is 276 Å². The molecule has 3 N–H and O–H groups in total. The average molecular weight is 931 g/mol. The molecule has 0 bridgehead atoms. The van der Waals surface area contributed by atoms with E-state index in [9.17, 15) is 19.8 Å². The van der Waals surface area contributed by atoms with E-state index in [1.54, 1.807) is 6.08 Å². The summed E-state index contributed by atoms with van der Waals surface area (Å²) in [4.78, 5) is 24.5. The topological polar surface area (TPSA) is 95.9 Å². The maximum atomic E-state index is 12.4. The van der Waals surface area contributed by atoms with Crippen LogP contribution in [-0.2, 0) is 14.3 Å². The number of allylic oxidation sites excluding steroid dienone is 3. The lowest BCUT2D eigenvalue weighted by Gasteiger charge is -2.20. The highest BCUT2D eigenvalue weighted by Gasteiger charge is 2.18. The number of nitrogens with one attached hydrogen (secondary N) is 1. The van der Waals surface area contributed by atoms with Crippen LogP contribution in [0.3, 0.4) is 0 Å². The number of carbonyl (C=O) groups is 2. The van der Waals surface area contributed by atoms with Gasteiger partial charge in [-0.05, 0) is 57.8 Å². The molecule has 2 unspecified atom stereocenters. The first kappa shape index (κ1) is 64.3. The molecule has 390 valence electrons. The summed E-state index contributed by atoms with van der Waals surface area (Å²) in [5.41, 5.74) is 0. The van der Waals surface area contributed by atoms with Gasteiger partial charge in [0.05, 0.1) is 25.4 Å². The molecule has 1 amide bonds. The van der Waals surface area contributed by atoms with Gasteiger partial charge < -0.3 is 20.3 Å². The SMILES string of the molecule is CCCCCCCCCCC/C=C/C(O)C(CO)NC(=O)CCCCCCCCC/C=C\CCCCCCCCCCCOC(=O)CCCCCCCCCCCCCCCCCCCC. The molecule has 0 aliphatic heterocycles. The molecule has 0 fully saturated rings. The zero-order valence-corrected chi connectivity index (χ0v) is 44.4. The summed E-state index contributed by atoms with van der Waals surface area (Å²) >= 11 is 0. The predicted octanol–water partition coefficient (Wildman–Crippen LogP) is 18.2. The van der Waals surface area contributed by atoms with Gasteiger partial charge in [-0.25, -0.2) is 0 Å². The van der Waals surface area contributed by atoms with Gasteiger partial charge in [0.25, 0.3) is 0 Å². The van der Waals surface area contributed by atoms with Crippen LogP contribution in [0.25, 0.3) is 0 Å². The lowest BCUT2D eigenvalue weighted by molar-refractivity contribution is -0.143. The Kier molecular flexibility index (Phi) is 54.5. The first-order chi connectivity index (χ1) is 32.5. The minimum absolute atomic E-state index is 0.00990. The summed E-state index contributed by atoms with van der Waals surface area (Å²) in [7, 11) is 0. The van der Waals surface area contributed by atoms with Crippen LogP contribution in [0.2, 0.25) is 0 Å². The number of esters is 1. The standard InChI is InChI=1S/C60H115NO5/c1-3-5-7-9-11-13-15-16-17-18-24-27-30-34-38-42-46-50-54-60(65)66-55-51-47-43-39-35-31-28-25-22-20-19-21-23-26-29-33-37-41-45-49-53-59(64)61-57(56-62)58(63)52-48-44-40-36-32-14-12-10-8-6-4-2/h19,21,48,52,57-58,62-63H,3-18,20,22-47,49-51,53-56H2,1-2H3,(H,61,64)/b21-19-,52-48+. The van der Waals surface area contributed by atoms with E-state index < -0.39 is 12.1 Å². The van der Waals surface area contributed by atoms with Gasteiger partial charge in [-0.2, -0.15) is 0 Å². The zero-order valence-electron chi connectivity index (χ0n) is 44.4. The van der Waals surface area contributed by atoms with Crippen LogP contribution in [0.1, 0.15) is 322 Å². The first-order valence-electron chi connectivity index (χ1n) is 29.6. The van der Waals surface area contributed by atoms with E-state index >= 15 is 0 Å². The number of amides is 1. The number of hydrogen-bond donors (Lipinski definition) is 3. The maximum Gasteiger partial charge on any atom is 0.305 e. The Morgan fingerprint density at radius 1 is 0.409 bits per heavy atom. The zero-order chi connectivity index (χ0) is 47.9. The maximum absolute atomic E-state index is 12.4. The second kappa shape index (κ2) is 55.9. The van der Waals surface area contributed by atoms with Gasteiger partial charge >= 0.3 is 5.97 Å². The summed E-state index contributed by atoms with van der Waals surface area (Å²) in [5.74, 6) is -0.0674. The fourth-order valence-electron chi connectivity index (χ4n) is 9.16. The Bertz CT molecular complexity index is 1030. The number of hydrogen-bond acceptors (Lipinski definition) is 5. The summed E-state index contributed by atoms with van der Waals surface area (Å²) in [6.07, 6.45) is 67.8. The van der Waals surface area contributed by atoms with Gasteiger partial charge in [-0.15, -0.1) is 0 Å². The Morgan fingerprint density at radius 2 is 0.712 bits per heavy atom. The molecular formula is C60H115NO5. The Hall–Kier alpha value is -1.66. The largest absolute Gasteiger partial charge is 0.466 e. The number of rotatable bonds is 55. The van der Waals surface area contributed by atoms with Crippen molar-refractivity contribution in [2.45, 2.75) is 334 Å². The van der Waals surface area contributed by atoms with E-state index in [0.717, 1.165) is 44.9 Å². The van der Waals surface area contributed by atoms with Crippen molar-refractivity contribution in [3.8, 4) is 0 Å². The van der Waals surface area contributed by atoms with Crippen molar-refractivity contribution in [3.05, 3.63) is 24.3 Å². The van der Waals surface area contributed by atoms with Crippen molar-refractivity contribution in [1.82, 2.24) is 5.32 Å². The van der Waals surface area contributed by atoms with E-state index in [-0.39, 0.29) is 18.5 Å². The summed E-state index contributed by atoms with van der Waals surface area (Å²) in [5, 5.41) is 23.0. The molecule has 0 spiro atoms. The molecule has 6 heteroatoms. The molecule has 0 aromatic rings. The van der Waals surface area contributed by atoms with Crippen LogP contribution in [-0.4, -0.2) is 47.4 Å². The number of carbonyl (C=O) groups excluding carboxylic acids is 2. The molecule has 0 aromatic heterocycles. The van der Waals surface area contributed by atoms with E-state index in [4.69, 9.17) is 4.74 Å². The van der Waals surface area contributed by atoms with Crippen molar-refractivity contribution >= 4 is 11.9 Å². The predicted molar refractivity (Wildman–Crippen MR) is 287 cm³/mol. The molecule has 0 radical (unpaired) electrons. The molecule has 0 aliphatic carbocycles.